The third kappa shape index (κ3) is 4.50. The van der Waals surface area contributed by atoms with Gasteiger partial charge in [0, 0.05) is 31.5 Å². The summed E-state index contributed by atoms with van der Waals surface area (Å²) in [7, 11) is 1.57. The summed E-state index contributed by atoms with van der Waals surface area (Å²) in [5.41, 5.74) is 0.480. The first-order valence-corrected chi connectivity index (χ1v) is 9.75. The molecule has 2 aromatic rings. The van der Waals surface area contributed by atoms with Crippen LogP contribution in [-0.2, 0) is 0 Å². The van der Waals surface area contributed by atoms with E-state index in [4.69, 9.17) is 9.47 Å². The van der Waals surface area contributed by atoms with E-state index >= 15 is 0 Å². The molecule has 7 nitrogen and oxygen atoms in total. The minimum absolute atomic E-state index is 0.0594. The van der Waals surface area contributed by atoms with Crippen LogP contribution >= 0.6 is 15.9 Å². The molecule has 1 saturated heterocycles. The molecular weight excluding hydrogens is 412 g/mol. The molecule has 1 fully saturated rings. The van der Waals surface area contributed by atoms with Crippen molar-refractivity contribution >= 4 is 27.8 Å². The topological polar surface area (TPSA) is 76.6 Å². The molecule has 3 rings (SSSR count). The predicted octanol–water partition coefficient (Wildman–Crippen LogP) is 3.36. The number of halogens is 1. The van der Waals surface area contributed by atoms with E-state index in [9.17, 15) is 4.79 Å². The van der Waals surface area contributed by atoms with Gasteiger partial charge in [-0.15, -0.1) is 0 Å². The van der Waals surface area contributed by atoms with Gasteiger partial charge in [0.15, 0.2) is 0 Å². The first-order chi connectivity index (χ1) is 13.1. The Morgan fingerprint density at radius 3 is 2.78 bits per heavy atom. The standard InChI is InChI=1S/C19H23BrN4O3/c1-3-27-16-8-4-7-15(26-2)17(16)18(25)24-9-5-6-14(24)12-23-19-21-10-13(20)11-22-19/h4,7-8,10-11,14H,3,5-6,9,12H2,1-2H3,(H,21,22,23)/t14-/m0/s1. The molecule has 1 amide bonds. The van der Waals surface area contributed by atoms with Crippen molar-refractivity contribution in [2.75, 3.05) is 32.1 Å². The Labute approximate surface area is 167 Å². The third-order valence-corrected chi connectivity index (χ3v) is 4.89. The van der Waals surface area contributed by atoms with Gasteiger partial charge in [-0.1, -0.05) is 6.07 Å². The molecule has 1 aromatic carbocycles. The molecule has 1 aromatic heterocycles. The normalized spacial score (nSPS) is 16.3. The number of carbonyl (C=O) groups excluding carboxylic acids is 1. The van der Waals surface area contributed by atoms with Gasteiger partial charge in [0.1, 0.15) is 17.1 Å². The van der Waals surface area contributed by atoms with Crippen LogP contribution < -0.4 is 14.8 Å². The van der Waals surface area contributed by atoms with Crippen LogP contribution in [0.15, 0.2) is 35.1 Å². The van der Waals surface area contributed by atoms with Crippen molar-refractivity contribution in [1.29, 1.82) is 0 Å². The van der Waals surface area contributed by atoms with Crippen molar-refractivity contribution in [3.05, 3.63) is 40.6 Å². The summed E-state index contributed by atoms with van der Waals surface area (Å²) in [5, 5.41) is 3.22. The molecule has 0 radical (unpaired) electrons. The SMILES string of the molecule is CCOc1cccc(OC)c1C(=O)N1CCC[C@H]1CNc1ncc(Br)cn1. The summed E-state index contributed by atoms with van der Waals surface area (Å²) in [5.74, 6) is 1.55. The number of nitrogens with zero attached hydrogens (tertiary/aromatic N) is 3. The van der Waals surface area contributed by atoms with Crippen molar-refractivity contribution in [2.45, 2.75) is 25.8 Å². The average molecular weight is 435 g/mol. The van der Waals surface area contributed by atoms with Crippen LogP contribution in [0.25, 0.3) is 0 Å². The Bertz CT molecular complexity index is 785. The fourth-order valence-electron chi connectivity index (χ4n) is 3.24. The zero-order valence-electron chi connectivity index (χ0n) is 15.4. The Balaban J connectivity index is 1.76. The van der Waals surface area contributed by atoms with Gasteiger partial charge in [0.2, 0.25) is 5.95 Å². The van der Waals surface area contributed by atoms with Crippen LogP contribution in [0, 0.1) is 0 Å². The van der Waals surface area contributed by atoms with Crippen LogP contribution in [0.3, 0.4) is 0 Å². The van der Waals surface area contributed by atoms with Gasteiger partial charge in [-0.2, -0.15) is 0 Å². The van der Waals surface area contributed by atoms with Gasteiger partial charge in [0.05, 0.1) is 18.2 Å². The van der Waals surface area contributed by atoms with Crippen LogP contribution in [-0.4, -0.2) is 53.6 Å². The number of benzene rings is 1. The number of likely N-dealkylation sites (tertiary alicyclic amines) is 1. The molecule has 1 atom stereocenters. The molecule has 0 bridgehead atoms. The first-order valence-electron chi connectivity index (χ1n) is 8.96. The van der Waals surface area contributed by atoms with Gasteiger partial charge in [-0.3, -0.25) is 4.79 Å². The van der Waals surface area contributed by atoms with E-state index in [-0.39, 0.29) is 11.9 Å². The Morgan fingerprint density at radius 1 is 1.33 bits per heavy atom. The van der Waals surface area contributed by atoms with E-state index in [0.717, 1.165) is 17.3 Å². The first kappa shape index (κ1) is 19.4. The predicted molar refractivity (Wildman–Crippen MR) is 106 cm³/mol. The average Bonchev–Trinajstić information content (AvgIpc) is 3.15. The molecule has 1 aliphatic rings. The van der Waals surface area contributed by atoms with Crippen LogP contribution in [0.5, 0.6) is 11.5 Å². The number of hydrogen-bond acceptors (Lipinski definition) is 6. The molecule has 1 aliphatic heterocycles. The summed E-state index contributed by atoms with van der Waals surface area (Å²) in [6.07, 6.45) is 5.26. The fraction of sp³-hybridized carbons (Fsp3) is 0.421. The van der Waals surface area contributed by atoms with Crippen LogP contribution in [0.4, 0.5) is 5.95 Å². The molecule has 0 aliphatic carbocycles. The molecule has 144 valence electrons. The van der Waals surface area contributed by atoms with Crippen molar-refractivity contribution < 1.29 is 14.3 Å². The molecular formula is C19H23BrN4O3. The molecule has 0 unspecified atom stereocenters. The minimum Gasteiger partial charge on any atom is -0.496 e. The molecule has 8 heteroatoms. The Morgan fingerprint density at radius 2 is 2.07 bits per heavy atom. The zero-order valence-corrected chi connectivity index (χ0v) is 17.0. The molecule has 27 heavy (non-hydrogen) atoms. The highest BCUT2D eigenvalue weighted by molar-refractivity contribution is 9.10. The number of hydrogen-bond donors (Lipinski definition) is 1. The number of amides is 1. The van der Waals surface area contributed by atoms with E-state index in [1.54, 1.807) is 31.6 Å². The lowest BCUT2D eigenvalue weighted by Gasteiger charge is -2.26. The van der Waals surface area contributed by atoms with Gasteiger partial charge < -0.3 is 19.7 Å². The molecule has 0 spiro atoms. The number of methoxy groups -OCH3 is 1. The second kappa shape index (κ2) is 9.03. The second-order valence-corrected chi connectivity index (χ2v) is 7.08. The lowest BCUT2D eigenvalue weighted by Crippen LogP contribution is -2.40. The van der Waals surface area contributed by atoms with E-state index in [1.165, 1.54) is 0 Å². The number of anilines is 1. The number of nitrogens with one attached hydrogen (secondary N) is 1. The highest BCUT2D eigenvalue weighted by Gasteiger charge is 2.32. The number of carbonyl (C=O) groups is 1. The number of aromatic nitrogens is 2. The van der Waals surface area contributed by atoms with Crippen molar-refractivity contribution in [3.8, 4) is 11.5 Å². The van der Waals surface area contributed by atoms with Crippen molar-refractivity contribution in [2.24, 2.45) is 0 Å². The highest BCUT2D eigenvalue weighted by atomic mass is 79.9. The monoisotopic (exact) mass is 434 g/mol. The van der Waals surface area contributed by atoms with Crippen molar-refractivity contribution in [3.63, 3.8) is 0 Å². The summed E-state index contributed by atoms with van der Waals surface area (Å²) in [4.78, 5) is 23.6. The maximum absolute atomic E-state index is 13.3. The summed E-state index contributed by atoms with van der Waals surface area (Å²) >= 11 is 3.32. The summed E-state index contributed by atoms with van der Waals surface area (Å²) in [6.45, 7) is 3.68. The van der Waals surface area contributed by atoms with E-state index in [0.29, 0.717) is 42.7 Å². The maximum Gasteiger partial charge on any atom is 0.261 e. The molecule has 2 heterocycles. The lowest BCUT2D eigenvalue weighted by atomic mass is 10.1. The quantitative estimate of drug-likeness (QED) is 0.719. The largest absolute Gasteiger partial charge is 0.496 e. The van der Waals surface area contributed by atoms with E-state index < -0.39 is 0 Å². The van der Waals surface area contributed by atoms with Crippen LogP contribution in [0.1, 0.15) is 30.1 Å². The van der Waals surface area contributed by atoms with E-state index in [2.05, 4.69) is 31.2 Å². The fourth-order valence-corrected chi connectivity index (χ4v) is 3.44. The highest BCUT2D eigenvalue weighted by Crippen LogP contribution is 2.32. The van der Waals surface area contributed by atoms with Crippen molar-refractivity contribution in [1.82, 2.24) is 14.9 Å². The minimum atomic E-state index is -0.0723. The number of ether oxygens (including phenoxy) is 2. The summed E-state index contributed by atoms with van der Waals surface area (Å²) < 4.78 is 11.9. The molecule has 1 N–H and O–H groups in total. The number of rotatable bonds is 7. The smallest absolute Gasteiger partial charge is 0.261 e. The Kier molecular flexibility index (Phi) is 6.49. The Hall–Kier alpha value is -2.35. The van der Waals surface area contributed by atoms with E-state index in [1.807, 2.05) is 17.9 Å². The lowest BCUT2D eigenvalue weighted by molar-refractivity contribution is 0.0736. The van der Waals surface area contributed by atoms with Gasteiger partial charge in [0.25, 0.3) is 5.91 Å². The second-order valence-electron chi connectivity index (χ2n) is 6.17. The van der Waals surface area contributed by atoms with Gasteiger partial charge in [-0.05, 0) is 47.8 Å². The maximum atomic E-state index is 13.3. The van der Waals surface area contributed by atoms with Crippen LogP contribution in [0.2, 0.25) is 0 Å². The summed E-state index contributed by atoms with van der Waals surface area (Å²) in [6, 6.07) is 5.48. The van der Waals surface area contributed by atoms with Gasteiger partial charge >= 0.3 is 0 Å². The zero-order chi connectivity index (χ0) is 19.2. The van der Waals surface area contributed by atoms with Gasteiger partial charge in [-0.25, -0.2) is 9.97 Å². The third-order valence-electron chi connectivity index (χ3n) is 4.48. The molecule has 0 saturated carbocycles.